The lowest BCUT2D eigenvalue weighted by Gasteiger charge is -2.14. The standard InChI is InChI=1S/C28H26/c1-3-21(2)25-12-9-13-26(20-25)28-15-8-7-14-27(28)24-18-16-23(17-19-24)22-10-5-4-6-11-22/h4-21H,3H2,1-2H3. The van der Waals surface area contributed by atoms with E-state index in [-0.39, 0.29) is 0 Å². The minimum absolute atomic E-state index is 0.581. The van der Waals surface area contributed by atoms with Crippen LogP contribution in [0.2, 0.25) is 0 Å². The summed E-state index contributed by atoms with van der Waals surface area (Å²) in [4.78, 5) is 0. The second-order valence-corrected chi connectivity index (χ2v) is 7.42. The first-order valence-electron chi connectivity index (χ1n) is 10.1. The molecule has 0 N–H and O–H groups in total. The minimum Gasteiger partial charge on any atom is -0.0648 e. The van der Waals surface area contributed by atoms with Crippen molar-refractivity contribution in [1.82, 2.24) is 0 Å². The van der Waals surface area contributed by atoms with Crippen molar-refractivity contribution in [2.45, 2.75) is 26.2 Å². The van der Waals surface area contributed by atoms with Crippen molar-refractivity contribution in [3.05, 3.63) is 109 Å². The Bertz CT molecular complexity index is 1040. The van der Waals surface area contributed by atoms with Crippen LogP contribution in [-0.4, -0.2) is 0 Å². The monoisotopic (exact) mass is 362 g/mol. The zero-order chi connectivity index (χ0) is 19.3. The topological polar surface area (TPSA) is 0 Å². The smallest absolute Gasteiger partial charge is 0.0105 e. The third-order valence-electron chi connectivity index (χ3n) is 5.61. The van der Waals surface area contributed by atoms with E-state index in [1.807, 2.05) is 0 Å². The van der Waals surface area contributed by atoms with E-state index in [0.717, 1.165) is 6.42 Å². The van der Waals surface area contributed by atoms with E-state index in [2.05, 4.69) is 117 Å². The lowest BCUT2D eigenvalue weighted by molar-refractivity contribution is 0.734. The van der Waals surface area contributed by atoms with Gasteiger partial charge in [-0.1, -0.05) is 117 Å². The Kier molecular flexibility index (Phi) is 5.39. The Balaban J connectivity index is 1.73. The average molecular weight is 363 g/mol. The molecule has 1 atom stereocenters. The minimum atomic E-state index is 0.581. The molecule has 4 rings (SSSR count). The summed E-state index contributed by atoms with van der Waals surface area (Å²) >= 11 is 0. The SMILES string of the molecule is CCC(C)c1cccc(-c2ccccc2-c2ccc(-c3ccccc3)cc2)c1. The lowest BCUT2D eigenvalue weighted by atomic mass is 9.90. The predicted octanol–water partition coefficient (Wildman–Crippen LogP) is 8.20. The fourth-order valence-electron chi connectivity index (χ4n) is 3.71. The zero-order valence-corrected chi connectivity index (χ0v) is 16.6. The van der Waals surface area contributed by atoms with Gasteiger partial charge in [0.2, 0.25) is 0 Å². The van der Waals surface area contributed by atoms with Gasteiger partial charge in [0.25, 0.3) is 0 Å². The van der Waals surface area contributed by atoms with Gasteiger partial charge in [0, 0.05) is 0 Å². The van der Waals surface area contributed by atoms with Gasteiger partial charge in [0.05, 0.1) is 0 Å². The van der Waals surface area contributed by atoms with Crippen LogP contribution in [0.1, 0.15) is 31.7 Å². The van der Waals surface area contributed by atoms with E-state index < -0.39 is 0 Å². The first kappa shape index (κ1) is 18.3. The summed E-state index contributed by atoms with van der Waals surface area (Å²) in [5.41, 5.74) is 9.03. The van der Waals surface area contributed by atoms with Gasteiger partial charge in [-0.05, 0) is 51.3 Å². The first-order chi connectivity index (χ1) is 13.8. The molecule has 4 aromatic rings. The molecule has 0 saturated heterocycles. The molecule has 0 aliphatic heterocycles. The van der Waals surface area contributed by atoms with E-state index in [1.165, 1.54) is 38.9 Å². The van der Waals surface area contributed by atoms with Gasteiger partial charge in [-0.15, -0.1) is 0 Å². The molecule has 0 spiro atoms. The number of hydrogen-bond donors (Lipinski definition) is 0. The summed E-state index contributed by atoms with van der Waals surface area (Å²) < 4.78 is 0. The van der Waals surface area contributed by atoms with Gasteiger partial charge in [-0.3, -0.25) is 0 Å². The molecule has 0 fully saturated rings. The summed E-state index contributed by atoms with van der Waals surface area (Å²) in [6.07, 6.45) is 1.16. The third-order valence-corrected chi connectivity index (χ3v) is 5.61. The second-order valence-electron chi connectivity index (χ2n) is 7.42. The van der Waals surface area contributed by atoms with Gasteiger partial charge < -0.3 is 0 Å². The second kappa shape index (κ2) is 8.27. The highest BCUT2D eigenvalue weighted by Crippen LogP contribution is 2.34. The molecule has 0 radical (unpaired) electrons. The van der Waals surface area contributed by atoms with Crippen LogP contribution >= 0.6 is 0 Å². The van der Waals surface area contributed by atoms with Crippen molar-refractivity contribution >= 4 is 0 Å². The summed E-state index contributed by atoms with van der Waals surface area (Å²) in [6, 6.07) is 37.2. The maximum atomic E-state index is 2.35. The van der Waals surface area contributed by atoms with Crippen molar-refractivity contribution in [2.75, 3.05) is 0 Å². The highest BCUT2D eigenvalue weighted by molar-refractivity contribution is 5.84. The largest absolute Gasteiger partial charge is 0.0648 e. The van der Waals surface area contributed by atoms with Crippen molar-refractivity contribution in [3.8, 4) is 33.4 Å². The molecule has 28 heavy (non-hydrogen) atoms. The molecule has 0 aliphatic rings. The molecule has 0 saturated carbocycles. The quantitative estimate of drug-likeness (QED) is 0.335. The Hall–Kier alpha value is -3.12. The van der Waals surface area contributed by atoms with E-state index in [0.29, 0.717) is 5.92 Å². The maximum Gasteiger partial charge on any atom is -0.0105 e. The first-order valence-corrected chi connectivity index (χ1v) is 10.1. The molecule has 0 heteroatoms. The zero-order valence-electron chi connectivity index (χ0n) is 16.6. The highest BCUT2D eigenvalue weighted by atomic mass is 14.1. The molecule has 0 aliphatic carbocycles. The van der Waals surface area contributed by atoms with Gasteiger partial charge in [0.1, 0.15) is 0 Å². The van der Waals surface area contributed by atoms with E-state index in [4.69, 9.17) is 0 Å². The Morgan fingerprint density at radius 3 is 1.75 bits per heavy atom. The van der Waals surface area contributed by atoms with Crippen LogP contribution < -0.4 is 0 Å². The van der Waals surface area contributed by atoms with Crippen LogP contribution in [0.4, 0.5) is 0 Å². The maximum absolute atomic E-state index is 2.35. The summed E-state index contributed by atoms with van der Waals surface area (Å²) in [6.45, 7) is 4.55. The number of rotatable bonds is 5. The van der Waals surface area contributed by atoms with Crippen LogP contribution in [0.15, 0.2) is 103 Å². The molecule has 0 bridgehead atoms. The Labute approximate surface area is 168 Å². The molecule has 138 valence electrons. The molecule has 4 aromatic carbocycles. The van der Waals surface area contributed by atoms with Gasteiger partial charge in [-0.2, -0.15) is 0 Å². The van der Waals surface area contributed by atoms with Crippen LogP contribution in [0.25, 0.3) is 33.4 Å². The molecular weight excluding hydrogens is 336 g/mol. The van der Waals surface area contributed by atoms with Gasteiger partial charge >= 0.3 is 0 Å². The molecule has 0 aromatic heterocycles. The van der Waals surface area contributed by atoms with Crippen LogP contribution in [-0.2, 0) is 0 Å². The van der Waals surface area contributed by atoms with Crippen LogP contribution in [0, 0.1) is 0 Å². The summed E-state index contributed by atoms with van der Waals surface area (Å²) in [7, 11) is 0. The van der Waals surface area contributed by atoms with Crippen molar-refractivity contribution < 1.29 is 0 Å². The summed E-state index contributed by atoms with van der Waals surface area (Å²) in [5.74, 6) is 0.581. The lowest BCUT2D eigenvalue weighted by Crippen LogP contribution is -1.92. The van der Waals surface area contributed by atoms with Gasteiger partial charge in [0.15, 0.2) is 0 Å². The van der Waals surface area contributed by atoms with E-state index in [1.54, 1.807) is 0 Å². The Morgan fingerprint density at radius 2 is 1.07 bits per heavy atom. The Morgan fingerprint density at radius 1 is 0.536 bits per heavy atom. The molecule has 0 heterocycles. The normalized spacial score (nSPS) is 11.9. The van der Waals surface area contributed by atoms with Crippen LogP contribution in [0.3, 0.4) is 0 Å². The van der Waals surface area contributed by atoms with E-state index >= 15 is 0 Å². The molecule has 0 nitrogen and oxygen atoms in total. The van der Waals surface area contributed by atoms with Crippen molar-refractivity contribution in [3.63, 3.8) is 0 Å². The summed E-state index contributed by atoms with van der Waals surface area (Å²) in [5, 5.41) is 0. The molecular formula is C28H26. The van der Waals surface area contributed by atoms with E-state index in [9.17, 15) is 0 Å². The molecule has 0 amide bonds. The fraction of sp³-hybridized carbons (Fsp3) is 0.143. The number of benzene rings is 4. The average Bonchev–Trinajstić information content (AvgIpc) is 2.79. The van der Waals surface area contributed by atoms with Crippen molar-refractivity contribution in [1.29, 1.82) is 0 Å². The van der Waals surface area contributed by atoms with Crippen LogP contribution in [0.5, 0.6) is 0 Å². The van der Waals surface area contributed by atoms with Gasteiger partial charge in [-0.25, -0.2) is 0 Å². The fourth-order valence-corrected chi connectivity index (χ4v) is 3.71. The predicted molar refractivity (Wildman–Crippen MR) is 121 cm³/mol. The third kappa shape index (κ3) is 3.77. The highest BCUT2D eigenvalue weighted by Gasteiger charge is 2.10. The number of hydrogen-bond acceptors (Lipinski definition) is 0. The van der Waals surface area contributed by atoms with Crippen molar-refractivity contribution in [2.24, 2.45) is 0 Å². The molecule has 1 unspecified atom stereocenters.